The third-order valence-electron chi connectivity index (χ3n) is 3.89. The van der Waals surface area contributed by atoms with Gasteiger partial charge in [0, 0.05) is 30.0 Å². The summed E-state index contributed by atoms with van der Waals surface area (Å²) in [6.07, 6.45) is 2.52. The highest BCUT2D eigenvalue weighted by Gasteiger charge is 2.29. The zero-order valence-corrected chi connectivity index (χ0v) is 11.3. The third kappa shape index (κ3) is 2.44. The molecular formula is C14H22N2O. The minimum atomic E-state index is 0.264. The molecule has 1 saturated carbocycles. The maximum absolute atomic E-state index is 12.3. The topological polar surface area (TPSA) is 25.2 Å². The second-order valence-electron chi connectivity index (χ2n) is 5.06. The summed E-state index contributed by atoms with van der Waals surface area (Å²) in [6.45, 7) is 7.75. The summed E-state index contributed by atoms with van der Waals surface area (Å²) in [4.78, 5) is 14.6. The maximum atomic E-state index is 12.3. The van der Waals surface area contributed by atoms with Gasteiger partial charge in [0.2, 0.25) is 0 Å². The van der Waals surface area contributed by atoms with Crippen molar-refractivity contribution in [3.63, 3.8) is 0 Å². The molecule has 3 nitrogen and oxygen atoms in total. The predicted octanol–water partition coefficient (Wildman–Crippen LogP) is 2.31. The van der Waals surface area contributed by atoms with E-state index in [0.717, 1.165) is 23.5 Å². The van der Waals surface area contributed by atoms with Crippen LogP contribution in [0.2, 0.25) is 0 Å². The van der Waals surface area contributed by atoms with Gasteiger partial charge in [-0.25, -0.2) is 0 Å². The lowest BCUT2D eigenvalue weighted by atomic mass is 10.1. The highest BCUT2D eigenvalue weighted by Crippen LogP contribution is 2.27. The molecule has 1 heterocycles. The molecule has 1 fully saturated rings. The Morgan fingerprint density at radius 1 is 1.47 bits per heavy atom. The highest BCUT2D eigenvalue weighted by molar-refractivity contribution is 5.99. The molecular weight excluding hydrogens is 212 g/mol. The first kappa shape index (κ1) is 12.4. The summed E-state index contributed by atoms with van der Waals surface area (Å²) in [6, 6.07) is 2.67. The standard InChI is InChI=1S/C14H22N2O/c1-5-16(12-6-7-12)9-14(17)13-8-10(2)15(4)11(13)3/h8,12H,5-7,9H2,1-4H3. The summed E-state index contributed by atoms with van der Waals surface area (Å²) in [5.41, 5.74) is 3.13. The van der Waals surface area contributed by atoms with E-state index in [1.165, 1.54) is 12.8 Å². The van der Waals surface area contributed by atoms with Gasteiger partial charge in [-0.05, 0) is 39.3 Å². The molecule has 0 aromatic carbocycles. The normalized spacial score (nSPS) is 15.6. The zero-order chi connectivity index (χ0) is 12.6. The van der Waals surface area contributed by atoms with Crippen molar-refractivity contribution >= 4 is 5.78 Å². The number of aromatic nitrogens is 1. The van der Waals surface area contributed by atoms with Crippen LogP contribution in [0, 0.1) is 13.8 Å². The number of nitrogens with zero attached hydrogens (tertiary/aromatic N) is 2. The quantitative estimate of drug-likeness (QED) is 0.730. The largest absolute Gasteiger partial charge is 0.351 e. The van der Waals surface area contributed by atoms with Crippen LogP contribution >= 0.6 is 0 Å². The number of hydrogen-bond acceptors (Lipinski definition) is 2. The molecule has 3 heteroatoms. The van der Waals surface area contributed by atoms with Crippen LogP contribution < -0.4 is 0 Å². The van der Waals surface area contributed by atoms with Gasteiger partial charge in [0.15, 0.2) is 5.78 Å². The summed E-state index contributed by atoms with van der Waals surface area (Å²) >= 11 is 0. The van der Waals surface area contributed by atoms with Gasteiger partial charge >= 0.3 is 0 Å². The SMILES string of the molecule is CCN(CC(=O)c1cc(C)n(C)c1C)C1CC1. The fourth-order valence-electron chi connectivity index (χ4n) is 2.35. The monoisotopic (exact) mass is 234 g/mol. The molecule has 1 aliphatic rings. The first-order valence-electron chi connectivity index (χ1n) is 6.44. The van der Waals surface area contributed by atoms with Gasteiger partial charge < -0.3 is 4.57 Å². The number of ketones is 1. The lowest BCUT2D eigenvalue weighted by Gasteiger charge is -2.18. The van der Waals surface area contributed by atoms with Crippen LogP contribution in [0.25, 0.3) is 0 Å². The van der Waals surface area contributed by atoms with Gasteiger partial charge in [-0.15, -0.1) is 0 Å². The van der Waals surface area contributed by atoms with Crippen LogP contribution in [0.5, 0.6) is 0 Å². The van der Waals surface area contributed by atoms with Crippen molar-refractivity contribution < 1.29 is 4.79 Å². The van der Waals surface area contributed by atoms with Crippen LogP contribution in [-0.4, -0.2) is 34.4 Å². The number of likely N-dealkylation sites (N-methyl/N-ethyl adjacent to an activating group) is 1. The first-order valence-corrected chi connectivity index (χ1v) is 6.44. The molecule has 1 aliphatic carbocycles. The van der Waals surface area contributed by atoms with E-state index in [4.69, 9.17) is 0 Å². The highest BCUT2D eigenvalue weighted by atomic mass is 16.1. The van der Waals surface area contributed by atoms with Gasteiger partial charge in [-0.1, -0.05) is 6.92 Å². The Hall–Kier alpha value is -1.09. The molecule has 0 N–H and O–H groups in total. The molecule has 0 atom stereocenters. The Morgan fingerprint density at radius 3 is 2.53 bits per heavy atom. The summed E-state index contributed by atoms with van der Waals surface area (Å²) in [7, 11) is 2.01. The minimum Gasteiger partial charge on any atom is -0.351 e. The molecule has 0 bridgehead atoms. The number of rotatable bonds is 5. The van der Waals surface area contributed by atoms with E-state index < -0.39 is 0 Å². The lowest BCUT2D eigenvalue weighted by molar-refractivity contribution is 0.0928. The Morgan fingerprint density at radius 2 is 2.12 bits per heavy atom. The summed E-state index contributed by atoms with van der Waals surface area (Å²) in [5.74, 6) is 0.264. The maximum Gasteiger partial charge on any atom is 0.178 e. The number of carbonyl (C=O) groups excluding carboxylic acids is 1. The lowest BCUT2D eigenvalue weighted by Crippen LogP contribution is -2.31. The fourth-order valence-corrected chi connectivity index (χ4v) is 2.35. The molecule has 0 radical (unpaired) electrons. The van der Waals surface area contributed by atoms with Crippen LogP contribution in [0.1, 0.15) is 41.5 Å². The van der Waals surface area contributed by atoms with Gasteiger partial charge in [0.25, 0.3) is 0 Å². The van der Waals surface area contributed by atoms with Crippen molar-refractivity contribution in [2.24, 2.45) is 7.05 Å². The first-order chi connectivity index (χ1) is 8.04. The molecule has 0 aliphatic heterocycles. The molecule has 0 amide bonds. The second-order valence-corrected chi connectivity index (χ2v) is 5.06. The van der Waals surface area contributed by atoms with E-state index in [0.29, 0.717) is 12.6 Å². The summed E-state index contributed by atoms with van der Waals surface area (Å²) < 4.78 is 2.08. The minimum absolute atomic E-state index is 0.264. The predicted molar refractivity (Wildman–Crippen MR) is 69.5 cm³/mol. The van der Waals surface area contributed by atoms with E-state index in [-0.39, 0.29) is 5.78 Å². The number of hydrogen-bond donors (Lipinski definition) is 0. The molecule has 94 valence electrons. The van der Waals surface area contributed by atoms with Crippen molar-refractivity contribution in [3.8, 4) is 0 Å². The van der Waals surface area contributed by atoms with E-state index in [9.17, 15) is 4.79 Å². The number of Topliss-reactive ketones (excluding diaryl/α,β-unsaturated/α-hetero) is 1. The molecule has 0 spiro atoms. The van der Waals surface area contributed by atoms with Crippen LogP contribution in [0.15, 0.2) is 6.07 Å². The number of carbonyl (C=O) groups is 1. The van der Waals surface area contributed by atoms with Crippen molar-refractivity contribution in [3.05, 3.63) is 23.0 Å². The Bertz CT molecular complexity index is 430. The molecule has 1 aromatic rings. The molecule has 17 heavy (non-hydrogen) atoms. The second kappa shape index (κ2) is 4.65. The van der Waals surface area contributed by atoms with Crippen LogP contribution in [0.3, 0.4) is 0 Å². The molecule has 1 aromatic heterocycles. The Kier molecular flexibility index (Phi) is 3.38. The number of aryl methyl sites for hydroxylation is 1. The van der Waals surface area contributed by atoms with Crippen LogP contribution in [0.4, 0.5) is 0 Å². The molecule has 0 saturated heterocycles. The van der Waals surface area contributed by atoms with Gasteiger partial charge in [0.05, 0.1) is 6.54 Å². The average molecular weight is 234 g/mol. The Balaban J connectivity index is 2.10. The van der Waals surface area contributed by atoms with Gasteiger partial charge in [-0.3, -0.25) is 9.69 Å². The fraction of sp³-hybridized carbons (Fsp3) is 0.643. The molecule has 0 unspecified atom stereocenters. The van der Waals surface area contributed by atoms with Crippen molar-refractivity contribution in [1.29, 1.82) is 0 Å². The smallest absolute Gasteiger partial charge is 0.178 e. The van der Waals surface area contributed by atoms with Crippen LogP contribution in [-0.2, 0) is 7.05 Å². The zero-order valence-electron chi connectivity index (χ0n) is 11.3. The average Bonchev–Trinajstić information content (AvgIpc) is 3.10. The van der Waals surface area contributed by atoms with Crippen molar-refractivity contribution in [2.75, 3.05) is 13.1 Å². The van der Waals surface area contributed by atoms with Gasteiger partial charge in [-0.2, -0.15) is 0 Å². The van der Waals surface area contributed by atoms with Crippen molar-refractivity contribution in [2.45, 2.75) is 39.7 Å². The van der Waals surface area contributed by atoms with E-state index in [1.807, 2.05) is 27.0 Å². The molecule has 2 rings (SSSR count). The van der Waals surface area contributed by atoms with E-state index >= 15 is 0 Å². The van der Waals surface area contributed by atoms with E-state index in [1.54, 1.807) is 0 Å². The summed E-state index contributed by atoms with van der Waals surface area (Å²) in [5, 5.41) is 0. The van der Waals surface area contributed by atoms with Crippen molar-refractivity contribution in [1.82, 2.24) is 9.47 Å². The Labute approximate surface area is 103 Å². The van der Waals surface area contributed by atoms with E-state index in [2.05, 4.69) is 16.4 Å². The third-order valence-corrected chi connectivity index (χ3v) is 3.89. The van der Waals surface area contributed by atoms with Gasteiger partial charge in [0.1, 0.15) is 0 Å².